The van der Waals surface area contributed by atoms with E-state index in [0.717, 1.165) is 22.3 Å². The number of ether oxygens (including phenoxy) is 1. The van der Waals surface area contributed by atoms with E-state index >= 15 is 0 Å². The van der Waals surface area contributed by atoms with E-state index < -0.39 is 29.6 Å². The van der Waals surface area contributed by atoms with Crippen LogP contribution in [0.5, 0.6) is 0 Å². The van der Waals surface area contributed by atoms with E-state index in [-0.39, 0.29) is 18.4 Å². The predicted octanol–water partition coefficient (Wildman–Crippen LogP) is 3.29. The first-order valence-corrected chi connectivity index (χ1v) is 11.2. The minimum Gasteiger partial charge on any atom is -0.480 e. The van der Waals surface area contributed by atoms with Gasteiger partial charge >= 0.3 is 12.1 Å². The maximum absolute atomic E-state index is 12.9. The molecule has 2 aromatic carbocycles. The van der Waals surface area contributed by atoms with Crippen LogP contribution in [-0.4, -0.2) is 57.8 Å². The van der Waals surface area contributed by atoms with Crippen LogP contribution < -0.4 is 5.32 Å². The van der Waals surface area contributed by atoms with Crippen molar-refractivity contribution in [1.82, 2.24) is 10.2 Å². The van der Waals surface area contributed by atoms with Crippen LogP contribution in [-0.2, 0) is 14.3 Å². The summed E-state index contributed by atoms with van der Waals surface area (Å²) in [4.78, 5) is 38.1. The minimum absolute atomic E-state index is 0.0802. The van der Waals surface area contributed by atoms with Gasteiger partial charge < -0.3 is 20.1 Å². The Balaban J connectivity index is 1.42. The number of nitrogens with zero attached hydrogens (tertiary/aromatic N) is 1. The molecule has 1 saturated heterocycles. The maximum atomic E-state index is 12.9. The summed E-state index contributed by atoms with van der Waals surface area (Å²) in [5, 5.41) is 11.9. The number of carbonyl (C=O) groups is 3. The third-order valence-corrected chi connectivity index (χ3v) is 6.73. The van der Waals surface area contributed by atoms with Gasteiger partial charge in [-0.1, -0.05) is 48.5 Å². The fourth-order valence-electron chi connectivity index (χ4n) is 4.15. The summed E-state index contributed by atoms with van der Waals surface area (Å²) in [5.74, 6) is -0.953. The van der Waals surface area contributed by atoms with Crippen molar-refractivity contribution < 1.29 is 24.2 Å². The first kappa shape index (κ1) is 21.2. The SMILES string of the molecule is CC(C)(NC(=O)OCC1c2ccccc2-c2ccccc21)C(=O)N1CSC[C@H]1C(=O)O. The van der Waals surface area contributed by atoms with Crippen LogP contribution >= 0.6 is 11.8 Å². The number of benzene rings is 2. The van der Waals surface area contributed by atoms with Crippen molar-refractivity contribution in [3.8, 4) is 11.1 Å². The average molecular weight is 441 g/mol. The van der Waals surface area contributed by atoms with E-state index in [1.54, 1.807) is 13.8 Å². The Kier molecular flexibility index (Phi) is 5.66. The van der Waals surface area contributed by atoms with Crippen LogP contribution in [0.25, 0.3) is 11.1 Å². The van der Waals surface area contributed by atoms with Gasteiger partial charge in [-0.25, -0.2) is 9.59 Å². The summed E-state index contributed by atoms with van der Waals surface area (Å²) in [6.07, 6.45) is -0.709. The number of fused-ring (bicyclic) bond motifs is 3. The molecule has 1 fully saturated rings. The van der Waals surface area contributed by atoms with Crippen molar-refractivity contribution in [1.29, 1.82) is 0 Å². The Morgan fingerprint density at radius 1 is 1.10 bits per heavy atom. The van der Waals surface area contributed by atoms with Crippen LogP contribution in [0.4, 0.5) is 4.79 Å². The highest BCUT2D eigenvalue weighted by atomic mass is 32.2. The maximum Gasteiger partial charge on any atom is 0.408 e. The first-order valence-electron chi connectivity index (χ1n) is 10.0. The van der Waals surface area contributed by atoms with E-state index in [0.29, 0.717) is 5.75 Å². The van der Waals surface area contributed by atoms with Crippen LogP contribution in [0.2, 0.25) is 0 Å². The van der Waals surface area contributed by atoms with Crippen molar-refractivity contribution in [3.05, 3.63) is 59.7 Å². The molecule has 1 aliphatic heterocycles. The Morgan fingerprint density at radius 2 is 1.68 bits per heavy atom. The number of carbonyl (C=O) groups excluding carboxylic acids is 2. The molecule has 4 rings (SSSR count). The molecule has 2 amide bonds. The Morgan fingerprint density at radius 3 is 2.26 bits per heavy atom. The van der Waals surface area contributed by atoms with Crippen molar-refractivity contribution in [3.63, 3.8) is 0 Å². The standard InChI is InChI=1S/C23H24N2O5S/c1-23(2,21(28)25-13-31-12-19(25)20(26)27)24-22(29)30-11-18-16-9-5-3-7-14(16)15-8-4-6-10-17(15)18/h3-10,18-19H,11-13H2,1-2H3,(H,24,29)(H,26,27)/t19-/m0/s1. The molecule has 2 aliphatic rings. The number of hydrogen-bond acceptors (Lipinski definition) is 5. The van der Waals surface area contributed by atoms with Gasteiger partial charge in [0, 0.05) is 11.7 Å². The Labute approximate surface area is 184 Å². The van der Waals surface area contributed by atoms with E-state index in [2.05, 4.69) is 17.4 Å². The summed E-state index contributed by atoms with van der Waals surface area (Å²) in [5.41, 5.74) is 3.18. The summed E-state index contributed by atoms with van der Waals surface area (Å²) >= 11 is 1.38. The first-order chi connectivity index (χ1) is 14.8. The third-order valence-electron chi connectivity index (χ3n) is 5.72. The normalized spacial score (nSPS) is 17.7. The number of rotatable bonds is 5. The molecule has 0 bridgehead atoms. The van der Waals surface area contributed by atoms with Gasteiger partial charge in [0.15, 0.2) is 0 Å². The van der Waals surface area contributed by atoms with Crippen LogP contribution in [0, 0.1) is 0 Å². The van der Waals surface area contributed by atoms with E-state index in [9.17, 15) is 19.5 Å². The zero-order valence-corrected chi connectivity index (χ0v) is 18.1. The summed E-state index contributed by atoms with van der Waals surface area (Å²) < 4.78 is 5.52. The Bertz CT molecular complexity index is 993. The van der Waals surface area contributed by atoms with Gasteiger partial charge in [-0.2, -0.15) is 0 Å². The molecule has 2 N–H and O–H groups in total. The number of amides is 2. The van der Waals surface area contributed by atoms with Crippen LogP contribution in [0.15, 0.2) is 48.5 Å². The van der Waals surface area contributed by atoms with Crippen molar-refractivity contribution in [2.45, 2.75) is 31.3 Å². The number of carboxylic acids is 1. The molecule has 0 aromatic heterocycles. The van der Waals surface area contributed by atoms with Gasteiger partial charge in [-0.15, -0.1) is 11.8 Å². The number of hydrogen-bond donors (Lipinski definition) is 2. The molecule has 1 atom stereocenters. The average Bonchev–Trinajstić information content (AvgIpc) is 3.35. The van der Waals surface area contributed by atoms with Gasteiger partial charge in [0.1, 0.15) is 18.2 Å². The second-order valence-electron chi connectivity index (χ2n) is 8.20. The molecule has 0 spiro atoms. The summed E-state index contributed by atoms with van der Waals surface area (Å²) in [7, 11) is 0. The zero-order valence-electron chi connectivity index (χ0n) is 17.3. The lowest BCUT2D eigenvalue weighted by Gasteiger charge is -2.31. The molecular weight excluding hydrogens is 416 g/mol. The molecule has 1 heterocycles. The predicted molar refractivity (Wildman–Crippen MR) is 118 cm³/mol. The number of alkyl carbamates (subject to hydrolysis) is 1. The quantitative estimate of drug-likeness (QED) is 0.741. The summed E-state index contributed by atoms with van der Waals surface area (Å²) in [6, 6.07) is 15.2. The molecule has 0 radical (unpaired) electrons. The van der Waals surface area contributed by atoms with Gasteiger partial charge in [0.25, 0.3) is 0 Å². The molecule has 0 unspecified atom stereocenters. The lowest BCUT2D eigenvalue weighted by atomic mass is 9.98. The lowest BCUT2D eigenvalue weighted by molar-refractivity contribution is -0.150. The van der Waals surface area contributed by atoms with Crippen LogP contribution in [0.3, 0.4) is 0 Å². The summed E-state index contributed by atoms with van der Waals surface area (Å²) in [6.45, 7) is 3.25. The molecule has 31 heavy (non-hydrogen) atoms. The van der Waals surface area contributed by atoms with Crippen LogP contribution in [0.1, 0.15) is 30.9 Å². The number of carboxylic acid groups (broad SMARTS) is 1. The monoisotopic (exact) mass is 440 g/mol. The van der Waals surface area contributed by atoms with E-state index in [1.807, 2.05) is 36.4 Å². The van der Waals surface area contributed by atoms with Crippen molar-refractivity contribution in [2.24, 2.45) is 0 Å². The highest BCUT2D eigenvalue weighted by Crippen LogP contribution is 2.44. The van der Waals surface area contributed by atoms with Crippen molar-refractivity contribution >= 4 is 29.7 Å². The molecule has 1 aliphatic carbocycles. The fourth-order valence-corrected chi connectivity index (χ4v) is 5.29. The molecular formula is C23H24N2O5S. The van der Waals surface area contributed by atoms with E-state index in [4.69, 9.17) is 4.74 Å². The molecule has 2 aromatic rings. The van der Waals surface area contributed by atoms with E-state index in [1.165, 1.54) is 16.7 Å². The molecule has 0 saturated carbocycles. The second-order valence-corrected chi connectivity index (χ2v) is 9.20. The zero-order chi connectivity index (χ0) is 22.2. The Hall–Kier alpha value is -3.00. The largest absolute Gasteiger partial charge is 0.480 e. The highest BCUT2D eigenvalue weighted by molar-refractivity contribution is 7.99. The molecule has 162 valence electrons. The number of nitrogens with one attached hydrogen (secondary N) is 1. The smallest absolute Gasteiger partial charge is 0.408 e. The number of thioether (sulfide) groups is 1. The topological polar surface area (TPSA) is 95.9 Å². The van der Waals surface area contributed by atoms with Crippen molar-refractivity contribution in [2.75, 3.05) is 18.2 Å². The van der Waals surface area contributed by atoms with Gasteiger partial charge in [-0.05, 0) is 36.1 Å². The molecule has 8 heteroatoms. The highest BCUT2D eigenvalue weighted by Gasteiger charge is 2.42. The lowest BCUT2D eigenvalue weighted by Crippen LogP contribution is -2.58. The van der Waals surface area contributed by atoms with Gasteiger partial charge in [0.2, 0.25) is 5.91 Å². The van der Waals surface area contributed by atoms with Gasteiger partial charge in [0.05, 0.1) is 5.88 Å². The van der Waals surface area contributed by atoms with Gasteiger partial charge in [-0.3, -0.25) is 4.79 Å². The third kappa shape index (κ3) is 3.99. The molecule has 7 nitrogen and oxygen atoms in total. The fraction of sp³-hybridized carbons (Fsp3) is 0.348. The number of aliphatic carboxylic acids is 1. The minimum atomic E-state index is -1.29. The second kappa shape index (κ2) is 8.26.